The molecule has 0 aromatic carbocycles. The van der Waals surface area contributed by atoms with E-state index in [-0.39, 0.29) is 0 Å². The molecule has 0 fully saturated rings. The van der Waals surface area contributed by atoms with Crippen molar-refractivity contribution in [2.75, 3.05) is 13.2 Å². The predicted molar refractivity (Wildman–Crippen MR) is 175 cm³/mol. The molecule has 0 spiro atoms. The second kappa shape index (κ2) is 37.1. The monoisotopic (exact) mass is 593 g/mol. The Labute approximate surface area is 251 Å². The Kier molecular flexibility index (Phi) is 39.1. The van der Waals surface area contributed by atoms with Gasteiger partial charge in [-0.25, -0.2) is 4.57 Å². The lowest BCUT2D eigenvalue weighted by Crippen LogP contribution is -1.97. The number of ether oxygens (including phenoxy) is 1. The van der Waals surface area contributed by atoms with E-state index in [0.717, 1.165) is 13.2 Å². The maximum Gasteiger partial charge on any atom is 0.466 e. The highest BCUT2D eigenvalue weighted by atomic mass is 31.2. The van der Waals surface area contributed by atoms with Gasteiger partial charge < -0.3 is 19.4 Å². The summed E-state index contributed by atoms with van der Waals surface area (Å²) in [7, 11) is -4.64. The molecule has 5 nitrogen and oxygen atoms in total. The minimum Gasteiger partial charge on any atom is -0.381 e. The molecule has 0 aliphatic heterocycles. The van der Waals surface area contributed by atoms with E-state index in [9.17, 15) is 0 Å². The third kappa shape index (κ3) is 50.9. The van der Waals surface area contributed by atoms with Crippen molar-refractivity contribution < 1.29 is 24.0 Å². The normalized spacial score (nSPS) is 11.5. The van der Waals surface area contributed by atoms with Gasteiger partial charge in [-0.1, -0.05) is 194 Å². The second-order valence-corrected chi connectivity index (χ2v) is 13.1. The van der Waals surface area contributed by atoms with Crippen molar-refractivity contribution in [2.24, 2.45) is 0 Å². The Morgan fingerprint density at radius 2 is 0.500 bits per heavy atom. The first kappa shape index (κ1) is 42.2. The highest BCUT2D eigenvalue weighted by Crippen LogP contribution is 2.25. The topological polar surface area (TPSA) is 87.0 Å². The van der Waals surface area contributed by atoms with Gasteiger partial charge in [0.25, 0.3) is 0 Å². The van der Waals surface area contributed by atoms with Crippen LogP contribution in [0.1, 0.15) is 206 Å². The first-order valence-corrected chi connectivity index (χ1v) is 19.3. The third-order valence-corrected chi connectivity index (χ3v) is 7.78. The van der Waals surface area contributed by atoms with Crippen LogP contribution in [0.4, 0.5) is 0 Å². The lowest BCUT2D eigenvalue weighted by Gasteiger charge is -2.05. The molecule has 0 aromatic rings. The van der Waals surface area contributed by atoms with Crippen molar-refractivity contribution in [1.29, 1.82) is 0 Å². The fraction of sp³-hybridized carbons (Fsp3) is 1.00. The van der Waals surface area contributed by atoms with Crippen molar-refractivity contribution in [3.63, 3.8) is 0 Å². The molecule has 0 radical (unpaired) electrons. The molecule has 0 aromatic heterocycles. The van der Waals surface area contributed by atoms with Crippen molar-refractivity contribution in [1.82, 2.24) is 0 Å². The van der Waals surface area contributed by atoms with Crippen LogP contribution < -0.4 is 0 Å². The molecule has 0 rings (SSSR count). The smallest absolute Gasteiger partial charge is 0.381 e. The van der Waals surface area contributed by atoms with Gasteiger partial charge in [-0.05, 0) is 12.8 Å². The average Bonchev–Trinajstić information content (AvgIpc) is 2.91. The summed E-state index contributed by atoms with van der Waals surface area (Å²) in [4.78, 5) is 21.6. The number of hydrogen-bond acceptors (Lipinski definition) is 2. The molecule has 0 atom stereocenters. The minimum atomic E-state index is -4.64. The first-order valence-electron chi connectivity index (χ1n) is 17.8. The lowest BCUT2D eigenvalue weighted by atomic mass is 10.0. The molecule has 0 aliphatic rings. The van der Waals surface area contributed by atoms with E-state index in [1.807, 2.05) is 0 Å². The maximum absolute atomic E-state index is 8.88. The summed E-state index contributed by atoms with van der Waals surface area (Å²) >= 11 is 0. The van der Waals surface area contributed by atoms with E-state index in [1.54, 1.807) is 0 Å². The molecule has 244 valence electrons. The maximum atomic E-state index is 8.88. The Morgan fingerprint density at radius 1 is 0.350 bits per heavy atom. The van der Waals surface area contributed by atoms with Gasteiger partial charge in [-0.3, -0.25) is 0 Å². The zero-order valence-corrected chi connectivity index (χ0v) is 28.1. The molecular weight excluding hydrogens is 519 g/mol. The van der Waals surface area contributed by atoms with Gasteiger partial charge >= 0.3 is 7.82 Å². The van der Waals surface area contributed by atoms with Crippen molar-refractivity contribution >= 4 is 7.82 Å². The SMILES string of the molecule is CCCCCCCCCCCCCCCCCOCCCCCCCCCCCCCCCCC.O=P(O)(O)O. The Hall–Kier alpha value is 0.0700. The van der Waals surface area contributed by atoms with Crippen molar-refractivity contribution in [2.45, 2.75) is 206 Å². The van der Waals surface area contributed by atoms with Crippen LogP contribution in [0.5, 0.6) is 0 Å². The summed E-state index contributed by atoms with van der Waals surface area (Å²) in [5.41, 5.74) is 0. The molecule has 6 heteroatoms. The van der Waals surface area contributed by atoms with Gasteiger partial charge in [0.2, 0.25) is 0 Å². The quantitative estimate of drug-likeness (QED) is 0.0534. The fourth-order valence-electron chi connectivity index (χ4n) is 5.25. The largest absolute Gasteiger partial charge is 0.466 e. The van der Waals surface area contributed by atoms with Crippen LogP contribution in [0.3, 0.4) is 0 Å². The average molecular weight is 593 g/mol. The number of phosphoric acid groups is 1. The van der Waals surface area contributed by atoms with Crippen molar-refractivity contribution in [3.05, 3.63) is 0 Å². The molecule has 0 saturated carbocycles. The molecule has 0 bridgehead atoms. The highest BCUT2D eigenvalue weighted by molar-refractivity contribution is 7.45. The van der Waals surface area contributed by atoms with E-state index >= 15 is 0 Å². The number of hydrogen-bond donors (Lipinski definition) is 3. The van der Waals surface area contributed by atoms with Crippen LogP contribution in [0.25, 0.3) is 0 Å². The van der Waals surface area contributed by atoms with Crippen molar-refractivity contribution in [3.8, 4) is 0 Å². The molecule has 0 heterocycles. The summed E-state index contributed by atoms with van der Waals surface area (Å²) in [6.45, 7) is 6.60. The predicted octanol–water partition coefficient (Wildman–Crippen LogP) is 11.8. The lowest BCUT2D eigenvalue weighted by molar-refractivity contribution is 0.125. The van der Waals surface area contributed by atoms with Gasteiger partial charge in [0.05, 0.1) is 0 Å². The van der Waals surface area contributed by atoms with E-state index < -0.39 is 7.82 Å². The van der Waals surface area contributed by atoms with Crippen LogP contribution in [-0.2, 0) is 9.30 Å². The van der Waals surface area contributed by atoms with Gasteiger partial charge in [-0.15, -0.1) is 0 Å². The van der Waals surface area contributed by atoms with Gasteiger partial charge in [-0.2, -0.15) is 0 Å². The zero-order valence-electron chi connectivity index (χ0n) is 27.2. The minimum absolute atomic E-state index is 0.997. The first-order chi connectivity index (χ1) is 19.4. The second-order valence-electron chi connectivity index (χ2n) is 12.0. The Bertz CT molecular complexity index is 443. The molecule has 3 N–H and O–H groups in total. The summed E-state index contributed by atoms with van der Waals surface area (Å²) < 4.78 is 14.7. The fourth-order valence-corrected chi connectivity index (χ4v) is 5.25. The third-order valence-electron chi connectivity index (χ3n) is 7.78. The molecule has 0 saturated heterocycles. The van der Waals surface area contributed by atoms with Gasteiger partial charge in [0.1, 0.15) is 0 Å². The van der Waals surface area contributed by atoms with Gasteiger partial charge in [0.15, 0.2) is 0 Å². The molecule has 0 aliphatic carbocycles. The van der Waals surface area contributed by atoms with Crippen LogP contribution in [0, 0.1) is 0 Å². The molecule has 40 heavy (non-hydrogen) atoms. The van der Waals surface area contributed by atoms with Crippen LogP contribution in [0.15, 0.2) is 0 Å². The van der Waals surface area contributed by atoms with Crippen LogP contribution in [0.2, 0.25) is 0 Å². The zero-order chi connectivity index (χ0) is 29.8. The Balaban J connectivity index is 0. The van der Waals surface area contributed by atoms with Gasteiger partial charge in [0, 0.05) is 13.2 Å². The molecule has 0 unspecified atom stereocenters. The highest BCUT2D eigenvalue weighted by Gasteiger charge is 2.00. The van der Waals surface area contributed by atoms with E-state index in [0.29, 0.717) is 0 Å². The van der Waals surface area contributed by atoms with E-state index in [2.05, 4.69) is 13.8 Å². The molecular formula is C34H73O5P. The number of unbranched alkanes of at least 4 members (excludes halogenated alkanes) is 28. The number of rotatable bonds is 32. The van der Waals surface area contributed by atoms with Crippen LogP contribution in [-0.4, -0.2) is 27.9 Å². The summed E-state index contributed by atoms with van der Waals surface area (Å²) in [5, 5.41) is 0. The Morgan fingerprint density at radius 3 is 0.675 bits per heavy atom. The van der Waals surface area contributed by atoms with E-state index in [1.165, 1.54) is 193 Å². The summed E-state index contributed by atoms with van der Waals surface area (Å²) in [5.74, 6) is 0. The summed E-state index contributed by atoms with van der Waals surface area (Å²) in [6.07, 6.45) is 43.0. The summed E-state index contributed by atoms with van der Waals surface area (Å²) in [6, 6.07) is 0. The van der Waals surface area contributed by atoms with Crippen LogP contribution >= 0.6 is 7.82 Å². The van der Waals surface area contributed by atoms with E-state index in [4.69, 9.17) is 24.0 Å². The standard InChI is InChI=1S/C34H70O.H3O4P/c1-3-5-7-9-11-13-15-17-19-21-23-25-27-29-31-33-35-34-32-30-28-26-24-22-20-18-16-14-12-10-8-6-4-2;1-5(2,3)4/h3-34H2,1-2H3;(H3,1,2,3,4). The molecule has 0 amide bonds.